The Bertz CT molecular complexity index is 863. The van der Waals surface area contributed by atoms with Crippen LogP contribution in [0.4, 0.5) is 13.2 Å². The van der Waals surface area contributed by atoms with E-state index in [9.17, 15) is 18.3 Å². The number of ether oxygens (including phenoxy) is 1. The number of phenolic OH excluding ortho intramolecular Hbond substituents is 1. The Hall–Kier alpha value is -1.65. The van der Waals surface area contributed by atoms with Crippen LogP contribution in [0.15, 0.2) is 35.2 Å². The maximum atomic E-state index is 10.7. The van der Waals surface area contributed by atoms with Crippen molar-refractivity contribution in [3.63, 3.8) is 0 Å². The van der Waals surface area contributed by atoms with Crippen molar-refractivity contribution in [1.29, 1.82) is 0 Å². The number of aromatic hydroxyl groups is 1. The Morgan fingerprint density at radius 3 is 2.11 bits per heavy atom. The van der Waals surface area contributed by atoms with E-state index in [4.69, 9.17) is 17.7 Å². The molecule has 5 nitrogen and oxygen atoms in total. The van der Waals surface area contributed by atoms with Crippen LogP contribution in [0.5, 0.6) is 11.5 Å². The second-order valence-electron chi connectivity index (χ2n) is 5.16. The van der Waals surface area contributed by atoms with Crippen LogP contribution >= 0.6 is 0 Å². The molecule has 0 aliphatic heterocycles. The van der Waals surface area contributed by atoms with Gasteiger partial charge in [-0.1, -0.05) is 6.07 Å². The first-order valence-corrected chi connectivity index (χ1v) is 11.0. The van der Waals surface area contributed by atoms with Crippen molar-refractivity contribution >= 4 is 31.8 Å². The molecule has 0 spiro atoms. The van der Waals surface area contributed by atoms with Crippen molar-refractivity contribution in [2.45, 2.75) is 31.2 Å². The highest BCUT2D eigenvalue weighted by Crippen LogP contribution is 2.37. The van der Waals surface area contributed by atoms with Gasteiger partial charge in [-0.25, -0.2) is 8.42 Å². The van der Waals surface area contributed by atoms with Crippen molar-refractivity contribution < 1.29 is 36.0 Å². The van der Waals surface area contributed by atoms with Crippen molar-refractivity contribution in [1.82, 2.24) is 0 Å². The average molecular weight is 426 g/mol. The first kappa shape index (κ1) is 23.4. The number of hydrogen-bond donors (Lipinski definition) is 1. The van der Waals surface area contributed by atoms with Crippen LogP contribution in [0.2, 0.25) is 0 Å². The highest BCUT2D eigenvalue weighted by molar-refractivity contribution is 7.97. The maximum Gasteiger partial charge on any atom is 0.485 e. The molecule has 2 aromatic rings. The van der Waals surface area contributed by atoms with Crippen LogP contribution < -0.4 is 4.74 Å². The third kappa shape index (κ3) is 5.91. The van der Waals surface area contributed by atoms with E-state index in [1.165, 1.54) is 4.90 Å². The topological polar surface area (TPSA) is 86.7 Å². The number of alkyl halides is 3. The monoisotopic (exact) mass is 426 g/mol. The average Bonchev–Trinajstić information content (AvgIpc) is 2.56. The molecule has 10 heteroatoms. The molecule has 0 aliphatic carbocycles. The molecular weight excluding hydrogens is 405 g/mol. The molecule has 2 aromatic carbocycles. The molecule has 0 aromatic heterocycles. The lowest BCUT2D eigenvalue weighted by Gasteiger charge is -2.12. The van der Waals surface area contributed by atoms with Gasteiger partial charge in [-0.05, 0) is 45.0 Å². The molecule has 0 amide bonds. The summed E-state index contributed by atoms with van der Waals surface area (Å²) in [5.74, 6) is 3.35. The number of benzene rings is 2. The van der Waals surface area contributed by atoms with Crippen LogP contribution in [-0.2, 0) is 21.0 Å². The Morgan fingerprint density at radius 1 is 1.11 bits per heavy atom. The molecule has 0 bridgehead atoms. The molecule has 0 fully saturated rings. The normalized spacial score (nSPS) is 12.0. The summed E-state index contributed by atoms with van der Waals surface area (Å²) < 4.78 is 64.5. The second kappa shape index (κ2) is 9.52. The molecule has 27 heavy (non-hydrogen) atoms. The van der Waals surface area contributed by atoms with E-state index in [-0.39, 0.29) is 10.9 Å². The number of halogens is 3. The molecule has 0 heterocycles. The molecule has 152 valence electrons. The lowest BCUT2D eigenvalue weighted by molar-refractivity contribution is -0.0517. The van der Waals surface area contributed by atoms with Crippen LogP contribution in [-0.4, -0.2) is 41.7 Å². The largest absolute Gasteiger partial charge is 0.741 e. The zero-order chi connectivity index (χ0) is 20.8. The van der Waals surface area contributed by atoms with Crippen molar-refractivity contribution in [3.05, 3.63) is 30.3 Å². The minimum Gasteiger partial charge on any atom is -0.741 e. The standard InChI is InChI=1S/C16H20O2S.CHF3O3S/c1-4-18-14-10-11-15(19(5-2)6-3)12-8-7-9-13(17)16(12)14;2-1(3,4)8(5,6)7/h7-11H,4-6H2,1-3H3;(H,5,6,7). The van der Waals surface area contributed by atoms with Crippen LogP contribution in [0.25, 0.3) is 10.8 Å². The van der Waals surface area contributed by atoms with Gasteiger partial charge in [0.25, 0.3) is 0 Å². The summed E-state index contributed by atoms with van der Waals surface area (Å²) in [6.07, 6.45) is 0. The molecular formula is C17H21F3O5S2. The summed E-state index contributed by atoms with van der Waals surface area (Å²) in [5, 5.41) is 12.1. The van der Waals surface area contributed by atoms with Gasteiger partial charge >= 0.3 is 5.51 Å². The maximum absolute atomic E-state index is 10.7. The summed E-state index contributed by atoms with van der Waals surface area (Å²) in [7, 11) is -5.85. The van der Waals surface area contributed by atoms with Crippen molar-refractivity contribution in [2.75, 3.05) is 18.1 Å². The van der Waals surface area contributed by atoms with E-state index in [1.807, 2.05) is 19.1 Å². The molecule has 1 N–H and O–H groups in total. The summed E-state index contributed by atoms with van der Waals surface area (Å²) in [6, 6.07) is 9.86. The number of phenols is 1. The van der Waals surface area contributed by atoms with E-state index in [1.54, 1.807) is 6.07 Å². The summed E-state index contributed by atoms with van der Waals surface area (Å²) in [4.78, 5) is 1.33. The van der Waals surface area contributed by atoms with Crippen LogP contribution in [0, 0.1) is 0 Å². The number of hydrogen-bond acceptors (Lipinski definition) is 5. The van der Waals surface area contributed by atoms with E-state index in [0.717, 1.165) is 28.0 Å². The van der Waals surface area contributed by atoms with Crippen LogP contribution in [0.1, 0.15) is 20.8 Å². The fourth-order valence-electron chi connectivity index (χ4n) is 2.37. The molecule has 0 saturated heterocycles. The second-order valence-corrected chi connectivity index (χ2v) is 9.12. The molecule has 0 aliphatic rings. The lowest BCUT2D eigenvalue weighted by Crippen LogP contribution is -2.21. The van der Waals surface area contributed by atoms with Gasteiger partial charge in [-0.15, -0.1) is 0 Å². The zero-order valence-electron chi connectivity index (χ0n) is 15.0. The zero-order valence-corrected chi connectivity index (χ0v) is 16.7. The predicted molar refractivity (Wildman–Crippen MR) is 99.2 cm³/mol. The smallest absolute Gasteiger partial charge is 0.485 e. The minimum atomic E-state index is -6.09. The molecule has 0 radical (unpaired) electrons. The van der Waals surface area contributed by atoms with Crippen molar-refractivity contribution in [2.24, 2.45) is 0 Å². The number of rotatable bonds is 5. The highest BCUT2D eigenvalue weighted by Gasteiger charge is 2.36. The molecule has 2 rings (SSSR count). The SMILES string of the molecule is CCOc1ccc([S+](CC)CC)c2cccc(O)c12.O=S(=O)([O-])C(F)(F)F. The third-order valence-electron chi connectivity index (χ3n) is 3.53. The highest BCUT2D eigenvalue weighted by atomic mass is 32.2. The number of fused-ring (bicyclic) bond motifs is 1. The lowest BCUT2D eigenvalue weighted by atomic mass is 10.1. The predicted octanol–water partition coefficient (Wildman–Crippen LogP) is 4.01. The summed E-state index contributed by atoms with van der Waals surface area (Å²) >= 11 is 0. The van der Waals surface area contributed by atoms with Gasteiger partial charge in [0, 0.05) is 16.3 Å². The minimum absolute atomic E-state index is 0.236. The summed E-state index contributed by atoms with van der Waals surface area (Å²) in [5.41, 5.74) is -5.65. The van der Waals surface area contributed by atoms with Gasteiger partial charge in [-0.2, -0.15) is 13.2 Å². The van der Waals surface area contributed by atoms with Gasteiger partial charge < -0.3 is 14.4 Å². The Balaban J connectivity index is 0.000000387. The van der Waals surface area contributed by atoms with Gasteiger partial charge in [0.15, 0.2) is 15.0 Å². The fourth-order valence-corrected chi connectivity index (χ4v) is 4.14. The van der Waals surface area contributed by atoms with E-state index in [0.29, 0.717) is 12.4 Å². The van der Waals surface area contributed by atoms with Gasteiger partial charge in [0.05, 0.1) is 12.0 Å². The fraction of sp³-hybridized carbons (Fsp3) is 0.412. The quantitative estimate of drug-likeness (QED) is 0.443. The first-order chi connectivity index (χ1) is 12.5. The van der Waals surface area contributed by atoms with E-state index < -0.39 is 15.6 Å². The first-order valence-electron chi connectivity index (χ1n) is 8.04. The molecule has 0 saturated carbocycles. The summed E-state index contributed by atoms with van der Waals surface area (Å²) in [6.45, 7) is 7.01. The van der Waals surface area contributed by atoms with E-state index in [2.05, 4.69) is 26.0 Å². The molecule has 0 atom stereocenters. The van der Waals surface area contributed by atoms with Gasteiger partial charge in [0.2, 0.25) is 0 Å². The van der Waals surface area contributed by atoms with Crippen LogP contribution in [0.3, 0.4) is 0 Å². The Labute approximate surface area is 159 Å². The van der Waals surface area contributed by atoms with Gasteiger partial charge in [0.1, 0.15) is 23.0 Å². The Morgan fingerprint density at radius 2 is 1.67 bits per heavy atom. The Kier molecular flexibility index (Phi) is 8.24. The third-order valence-corrected chi connectivity index (χ3v) is 6.47. The van der Waals surface area contributed by atoms with Crippen molar-refractivity contribution in [3.8, 4) is 11.5 Å². The molecule has 0 unspecified atom stereocenters. The van der Waals surface area contributed by atoms with Gasteiger partial charge in [-0.3, -0.25) is 0 Å². The van der Waals surface area contributed by atoms with E-state index >= 15 is 0 Å².